The molecule has 1 aromatic heterocycles. The second-order valence-corrected chi connectivity index (χ2v) is 5.50. The van der Waals surface area contributed by atoms with Gasteiger partial charge in [0.05, 0.1) is 0 Å². The average molecular weight is 266 g/mol. The van der Waals surface area contributed by atoms with Crippen molar-refractivity contribution in [3.8, 4) is 0 Å². The summed E-state index contributed by atoms with van der Waals surface area (Å²) in [6.45, 7) is 11.0. The van der Waals surface area contributed by atoms with Crippen molar-refractivity contribution in [3.63, 3.8) is 0 Å². The zero-order valence-electron chi connectivity index (χ0n) is 12.4. The molecule has 1 unspecified atom stereocenters. The Kier molecular flexibility index (Phi) is 5.34. The van der Waals surface area contributed by atoms with Gasteiger partial charge in [-0.05, 0) is 52.2 Å². The Hall–Kier alpha value is -0.940. The predicted octanol–water partition coefficient (Wildman–Crippen LogP) is 1.63. The number of hydrogen-bond acceptors (Lipinski definition) is 5. The van der Waals surface area contributed by atoms with Gasteiger partial charge in [-0.2, -0.15) is 4.98 Å². The largest absolute Gasteiger partial charge is 0.339 e. The van der Waals surface area contributed by atoms with E-state index in [1.165, 1.54) is 32.5 Å². The number of piperidine rings is 1. The third kappa shape index (κ3) is 4.28. The average Bonchev–Trinajstić information content (AvgIpc) is 2.84. The standard InChI is InChI=1S/C14H26N4O/c1-4-18-9-6-13(7-10-18)11(2)15-8-5-14-16-12(3)17-19-14/h11,13,15H,4-10H2,1-3H3. The van der Waals surface area contributed by atoms with Crippen LogP contribution in [0.2, 0.25) is 0 Å². The van der Waals surface area contributed by atoms with Gasteiger partial charge in [-0.15, -0.1) is 0 Å². The second-order valence-electron chi connectivity index (χ2n) is 5.50. The summed E-state index contributed by atoms with van der Waals surface area (Å²) in [5.41, 5.74) is 0. The Labute approximate surface area is 115 Å². The van der Waals surface area contributed by atoms with Crippen molar-refractivity contribution in [2.45, 2.75) is 46.1 Å². The maximum atomic E-state index is 5.11. The molecule has 1 saturated heterocycles. The molecule has 1 aliphatic heterocycles. The van der Waals surface area contributed by atoms with E-state index in [0.717, 1.165) is 30.6 Å². The van der Waals surface area contributed by atoms with Crippen molar-refractivity contribution in [3.05, 3.63) is 11.7 Å². The molecule has 0 aromatic carbocycles. The molecule has 2 rings (SSSR count). The summed E-state index contributed by atoms with van der Waals surface area (Å²) in [4.78, 5) is 6.75. The molecule has 0 radical (unpaired) electrons. The zero-order chi connectivity index (χ0) is 13.7. The van der Waals surface area contributed by atoms with Crippen molar-refractivity contribution in [1.29, 1.82) is 0 Å². The molecule has 5 heteroatoms. The maximum Gasteiger partial charge on any atom is 0.227 e. The van der Waals surface area contributed by atoms with Gasteiger partial charge in [0.25, 0.3) is 0 Å². The summed E-state index contributed by atoms with van der Waals surface area (Å²) in [5, 5.41) is 7.40. The second kappa shape index (κ2) is 7.01. The number of aryl methyl sites for hydroxylation is 1. The highest BCUT2D eigenvalue weighted by Crippen LogP contribution is 2.20. The summed E-state index contributed by atoms with van der Waals surface area (Å²) in [6, 6.07) is 0.572. The lowest BCUT2D eigenvalue weighted by Gasteiger charge is -2.34. The van der Waals surface area contributed by atoms with Crippen LogP contribution in [0.25, 0.3) is 0 Å². The van der Waals surface area contributed by atoms with Crippen LogP contribution in [0.15, 0.2) is 4.52 Å². The molecule has 1 fully saturated rings. The number of nitrogens with zero attached hydrogens (tertiary/aromatic N) is 3. The topological polar surface area (TPSA) is 54.2 Å². The van der Waals surface area contributed by atoms with E-state index in [4.69, 9.17) is 4.52 Å². The first-order valence-electron chi connectivity index (χ1n) is 7.44. The van der Waals surface area contributed by atoms with E-state index in [0.29, 0.717) is 6.04 Å². The Morgan fingerprint density at radius 2 is 2.16 bits per heavy atom. The first-order valence-corrected chi connectivity index (χ1v) is 7.44. The van der Waals surface area contributed by atoms with Crippen LogP contribution in [0.3, 0.4) is 0 Å². The highest BCUT2D eigenvalue weighted by Gasteiger charge is 2.22. The van der Waals surface area contributed by atoms with Crippen LogP contribution in [-0.2, 0) is 6.42 Å². The minimum Gasteiger partial charge on any atom is -0.339 e. The van der Waals surface area contributed by atoms with E-state index in [1.807, 2.05) is 6.92 Å². The molecule has 108 valence electrons. The predicted molar refractivity (Wildman–Crippen MR) is 75.0 cm³/mol. The van der Waals surface area contributed by atoms with Crippen molar-refractivity contribution in [1.82, 2.24) is 20.4 Å². The molecule has 0 amide bonds. The van der Waals surface area contributed by atoms with Crippen LogP contribution >= 0.6 is 0 Å². The van der Waals surface area contributed by atoms with E-state index in [1.54, 1.807) is 0 Å². The van der Waals surface area contributed by atoms with Gasteiger partial charge in [0, 0.05) is 19.0 Å². The SMILES string of the molecule is CCN1CCC(C(C)NCCc2nc(C)no2)CC1. The van der Waals surface area contributed by atoms with Gasteiger partial charge in [0.1, 0.15) is 0 Å². The molecule has 0 aliphatic carbocycles. The van der Waals surface area contributed by atoms with Crippen molar-refractivity contribution in [2.24, 2.45) is 5.92 Å². The monoisotopic (exact) mass is 266 g/mol. The molecule has 1 atom stereocenters. The summed E-state index contributed by atoms with van der Waals surface area (Å²) < 4.78 is 5.11. The Morgan fingerprint density at radius 1 is 1.42 bits per heavy atom. The molecule has 2 heterocycles. The summed E-state index contributed by atoms with van der Waals surface area (Å²) in [7, 11) is 0. The van der Waals surface area contributed by atoms with Crippen LogP contribution in [0.5, 0.6) is 0 Å². The molecule has 0 bridgehead atoms. The first kappa shape index (κ1) is 14.5. The normalized spacial score (nSPS) is 19.7. The number of rotatable bonds is 6. The fourth-order valence-electron chi connectivity index (χ4n) is 2.78. The molecule has 0 spiro atoms. The molecule has 19 heavy (non-hydrogen) atoms. The van der Waals surface area contributed by atoms with Crippen molar-refractivity contribution < 1.29 is 4.52 Å². The van der Waals surface area contributed by atoms with E-state index in [-0.39, 0.29) is 0 Å². The van der Waals surface area contributed by atoms with Crippen LogP contribution in [0.4, 0.5) is 0 Å². The maximum absolute atomic E-state index is 5.11. The number of nitrogens with one attached hydrogen (secondary N) is 1. The van der Waals surface area contributed by atoms with Crippen molar-refractivity contribution >= 4 is 0 Å². The zero-order valence-corrected chi connectivity index (χ0v) is 12.4. The highest BCUT2D eigenvalue weighted by molar-refractivity contribution is 4.85. The summed E-state index contributed by atoms with van der Waals surface area (Å²) in [5.74, 6) is 2.25. The molecule has 0 saturated carbocycles. The van der Waals surface area contributed by atoms with Gasteiger partial charge < -0.3 is 14.7 Å². The summed E-state index contributed by atoms with van der Waals surface area (Å²) in [6.07, 6.45) is 3.43. The van der Waals surface area contributed by atoms with E-state index < -0.39 is 0 Å². The summed E-state index contributed by atoms with van der Waals surface area (Å²) >= 11 is 0. The molecule has 1 aromatic rings. The number of hydrogen-bond donors (Lipinski definition) is 1. The number of likely N-dealkylation sites (tertiary alicyclic amines) is 1. The Morgan fingerprint density at radius 3 is 2.74 bits per heavy atom. The molecular weight excluding hydrogens is 240 g/mol. The lowest BCUT2D eigenvalue weighted by molar-refractivity contribution is 0.169. The minimum atomic E-state index is 0.572. The van der Waals surface area contributed by atoms with E-state index >= 15 is 0 Å². The Bertz CT molecular complexity index is 371. The fourth-order valence-corrected chi connectivity index (χ4v) is 2.78. The Balaban J connectivity index is 1.65. The minimum absolute atomic E-state index is 0.572. The van der Waals surface area contributed by atoms with Crippen LogP contribution in [0.1, 0.15) is 38.4 Å². The molecule has 5 nitrogen and oxygen atoms in total. The van der Waals surface area contributed by atoms with Gasteiger partial charge in [0.15, 0.2) is 5.82 Å². The van der Waals surface area contributed by atoms with Gasteiger partial charge >= 0.3 is 0 Å². The quantitative estimate of drug-likeness (QED) is 0.848. The third-order valence-electron chi connectivity index (χ3n) is 4.16. The van der Waals surface area contributed by atoms with Crippen LogP contribution < -0.4 is 5.32 Å². The van der Waals surface area contributed by atoms with Crippen LogP contribution in [0, 0.1) is 12.8 Å². The third-order valence-corrected chi connectivity index (χ3v) is 4.16. The first-order chi connectivity index (χ1) is 9.19. The highest BCUT2D eigenvalue weighted by atomic mass is 16.5. The molecule has 1 N–H and O–H groups in total. The van der Waals surface area contributed by atoms with Gasteiger partial charge in [0.2, 0.25) is 5.89 Å². The van der Waals surface area contributed by atoms with Gasteiger partial charge in [-0.1, -0.05) is 12.1 Å². The van der Waals surface area contributed by atoms with E-state index in [2.05, 4.69) is 34.2 Å². The smallest absolute Gasteiger partial charge is 0.227 e. The van der Waals surface area contributed by atoms with Gasteiger partial charge in [-0.25, -0.2) is 0 Å². The molecular formula is C14H26N4O. The van der Waals surface area contributed by atoms with Crippen LogP contribution in [-0.4, -0.2) is 47.3 Å². The number of aromatic nitrogens is 2. The van der Waals surface area contributed by atoms with Crippen molar-refractivity contribution in [2.75, 3.05) is 26.2 Å². The lowest BCUT2D eigenvalue weighted by Crippen LogP contribution is -2.42. The lowest BCUT2D eigenvalue weighted by atomic mass is 9.90. The fraction of sp³-hybridized carbons (Fsp3) is 0.857. The molecule has 1 aliphatic rings. The van der Waals surface area contributed by atoms with Gasteiger partial charge in [-0.3, -0.25) is 0 Å². The van der Waals surface area contributed by atoms with E-state index in [9.17, 15) is 0 Å².